The molecule has 23 heavy (non-hydrogen) atoms. The van der Waals surface area contributed by atoms with Crippen molar-refractivity contribution in [3.05, 3.63) is 35.6 Å². The van der Waals surface area contributed by atoms with Gasteiger partial charge in [0, 0.05) is 57.1 Å². The van der Waals surface area contributed by atoms with Crippen LogP contribution in [0.4, 0.5) is 4.39 Å². The van der Waals surface area contributed by atoms with Crippen LogP contribution in [0.2, 0.25) is 0 Å². The van der Waals surface area contributed by atoms with Crippen LogP contribution in [0.15, 0.2) is 24.3 Å². The molecule has 1 aromatic rings. The van der Waals surface area contributed by atoms with E-state index >= 15 is 0 Å². The van der Waals surface area contributed by atoms with Crippen LogP contribution in [0.1, 0.15) is 61.5 Å². The molecule has 1 radical (unpaired) electrons. The Kier molecular flexibility index (Phi) is 21.9. The summed E-state index contributed by atoms with van der Waals surface area (Å²) in [4.78, 5) is 2.50. The molecule has 0 atom stereocenters. The molecule has 0 spiro atoms. The van der Waals surface area contributed by atoms with Gasteiger partial charge in [-0.1, -0.05) is 48.3 Å². The van der Waals surface area contributed by atoms with Crippen molar-refractivity contribution in [1.82, 2.24) is 4.90 Å². The maximum atomic E-state index is 12.4. The van der Waals surface area contributed by atoms with Crippen LogP contribution in [0, 0.1) is 5.82 Å². The standard InChI is InChI=1S/C9H11F.C7H15NS.3CH4.Y/c1-7(2)8-3-5-9(10)6-4-8;1-6(2)8-4-7(5-8)9-3;;;;/h3-7H,1-2H3;6-7H,4-5H2,1-3H3;3*1H4;. The fourth-order valence-electron chi connectivity index (χ4n) is 1.89. The Labute approximate surface area is 175 Å². The molecule has 1 aliphatic rings. The zero-order valence-electron chi connectivity index (χ0n) is 13.3. The first-order chi connectivity index (χ1) is 8.93. The van der Waals surface area contributed by atoms with Crippen LogP contribution in [-0.4, -0.2) is 35.5 Å². The van der Waals surface area contributed by atoms with Gasteiger partial charge in [0.05, 0.1) is 0 Å². The molecule has 0 aromatic heterocycles. The molecule has 0 amide bonds. The largest absolute Gasteiger partial charge is 0.299 e. The molecule has 1 heterocycles. The zero-order valence-corrected chi connectivity index (χ0v) is 16.9. The second-order valence-corrected chi connectivity index (χ2v) is 6.75. The summed E-state index contributed by atoms with van der Waals surface area (Å²) in [6.45, 7) is 11.3. The first-order valence-electron chi connectivity index (χ1n) is 6.96. The average molecular weight is 420 g/mol. The Morgan fingerprint density at radius 3 is 1.74 bits per heavy atom. The van der Waals surface area contributed by atoms with E-state index in [2.05, 4.69) is 38.9 Å². The number of hydrogen-bond acceptors (Lipinski definition) is 2. The van der Waals surface area contributed by atoms with Gasteiger partial charge in [0.1, 0.15) is 5.82 Å². The van der Waals surface area contributed by atoms with Crippen LogP contribution < -0.4 is 0 Å². The number of thioether (sulfide) groups is 1. The van der Waals surface area contributed by atoms with E-state index in [9.17, 15) is 4.39 Å². The van der Waals surface area contributed by atoms with Crippen molar-refractivity contribution in [3.63, 3.8) is 0 Å². The van der Waals surface area contributed by atoms with Gasteiger partial charge in [-0.05, 0) is 43.7 Å². The first kappa shape index (κ1) is 31.3. The smallest absolute Gasteiger partial charge is 0.123 e. The van der Waals surface area contributed by atoms with Crippen LogP contribution in [0.5, 0.6) is 0 Å². The van der Waals surface area contributed by atoms with E-state index in [1.807, 2.05) is 23.9 Å². The van der Waals surface area contributed by atoms with Gasteiger partial charge in [0.25, 0.3) is 0 Å². The van der Waals surface area contributed by atoms with Crippen LogP contribution >= 0.6 is 11.8 Å². The number of halogens is 1. The summed E-state index contributed by atoms with van der Waals surface area (Å²) in [5.74, 6) is 0.324. The molecule has 4 heteroatoms. The fraction of sp³-hybridized carbons (Fsp3) is 0.684. The topological polar surface area (TPSA) is 3.24 Å². The summed E-state index contributed by atoms with van der Waals surface area (Å²) in [5.41, 5.74) is 1.18. The summed E-state index contributed by atoms with van der Waals surface area (Å²) in [7, 11) is 0. The molecule has 1 saturated heterocycles. The Hall–Kier alpha value is 0.564. The average Bonchev–Trinajstić information content (AvgIpc) is 2.28. The van der Waals surface area contributed by atoms with Gasteiger partial charge in [0.2, 0.25) is 0 Å². The number of rotatable bonds is 3. The molecule has 2 rings (SSSR count). The van der Waals surface area contributed by atoms with Crippen LogP contribution in [0.3, 0.4) is 0 Å². The van der Waals surface area contributed by atoms with Crippen LogP contribution in [0.25, 0.3) is 0 Å². The first-order valence-corrected chi connectivity index (χ1v) is 8.25. The molecular formula is C19H38FNSY. The van der Waals surface area contributed by atoms with E-state index in [1.165, 1.54) is 30.8 Å². The van der Waals surface area contributed by atoms with Crippen LogP contribution in [-0.2, 0) is 32.7 Å². The molecule has 1 nitrogen and oxygen atoms in total. The molecule has 0 N–H and O–H groups in total. The Morgan fingerprint density at radius 2 is 1.43 bits per heavy atom. The Balaban J connectivity index is -0.000000134. The summed E-state index contributed by atoms with van der Waals surface area (Å²) in [6.07, 6.45) is 2.20. The molecule has 1 aliphatic heterocycles. The molecule has 1 aromatic carbocycles. The Bertz CT molecular complexity index is 362. The summed E-state index contributed by atoms with van der Waals surface area (Å²) < 4.78 is 12.4. The maximum Gasteiger partial charge on any atom is 0.123 e. The predicted octanol–water partition coefficient (Wildman–Crippen LogP) is 6.30. The monoisotopic (exact) mass is 420 g/mol. The minimum atomic E-state index is -0.163. The van der Waals surface area contributed by atoms with Gasteiger partial charge in [-0.3, -0.25) is 4.90 Å². The van der Waals surface area contributed by atoms with Crippen molar-refractivity contribution in [2.75, 3.05) is 19.3 Å². The molecule has 0 bridgehead atoms. The van der Waals surface area contributed by atoms with Crippen molar-refractivity contribution < 1.29 is 37.1 Å². The number of hydrogen-bond donors (Lipinski definition) is 0. The molecular weight excluding hydrogens is 382 g/mol. The van der Waals surface area contributed by atoms with Gasteiger partial charge in [-0.15, -0.1) is 0 Å². The Morgan fingerprint density at radius 1 is 1.00 bits per heavy atom. The maximum absolute atomic E-state index is 12.4. The van der Waals surface area contributed by atoms with Gasteiger partial charge >= 0.3 is 0 Å². The summed E-state index contributed by atoms with van der Waals surface area (Å²) in [5, 5.41) is 0.924. The van der Waals surface area contributed by atoms with E-state index in [4.69, 9.17) is 0 Å². The third-order valence-corrected chi connectivity index (χ3v) is 4.44. The summed E-state index contributed by atoms with van der Waals surface area (Å²) >= 11 is 1.99. The minimum Gasteiger partial charge on any atom is -0.299 e. The van der Waals surface area contributed by atoms with E-state index in [0.29, 0.717) is 5.92 Å². The van der Waals surface area contributed by atoms with E-state index in [1.54, 1.807) is 0 Å². The molecule has 0 unspecified atom stereocenters. The third-order valence-electron chi connectivity index (χ3n) is 3.48. The third kappa shape index (κ3) is 11.7. The molecule has 135 valence electrons. The van der Waals surface area contributed by atoms with Crippen molar-refractivity contribution in [3.8, 4) is 0 Å². The normalized spacial score (nSPS) is 13.4. The number of benzene rings is 1. The van der Waals surface area contributed by atoms with Gasteiger partial charge in [-0.2, -0.15) is 11.8 Å². The predicted molar refractivity (Wildman–Crippen MR) is 105 cm³/mol. The second kappa shape index (κ2) is 16.1. The van der Waals surface area contributed by atoms with E-state index in [0.717, 1.165) is 11.3 Å². The van der Waals surface area contributed by atoms with Gasteiger partial charge in [0.15, 0.2) is 0 Å². The zero-order chi connectivity index (χ0) is 14.4. The van der Waals surface area contributed by atoms with Crippen molar-refractivity contribution in [2.45, 2.75) is 67.2 Å². The van der Waals surface area contributed by atoms with Crippen molar-refractivity contribution >= 4 is 11.8 Å². The van der Waals surface area contributed by atoms with E-state index in [-0.39, 0.29) is 60.8 Å². The second-order valence-electron chi connectivity index (χ2n) is 5.61. The molecule has 0 saturated carbocycles. The SMILES string of the molecule is C.C.C.CC(C)c1ccc(F)cc1.CSC1CN(C(C)C)C1.[Y]. The van der Waals surface area contributed by atoms with E-state index < -0.39 is 0 Å². The minimum absolute atomic E-state index is 0. The number of likely N-dealkylation sites (tertiary alicyclic amines) is 1. The number of nitrogens with zero attached hydrogens (tertiary/aromatic N) is 1. The van der Waals surface area contributed by atoms with Gasteiger partial charge < -0.3 is 0 Å². The summed E-state index contributed by atoms with van der Waals surface area (Å²) in [6, 6.07) is 7.39. The molecule has 0 aliphatic carbocycles. The van der Waals surface area contributed by atoms with Crippen molar-refractivity contribution in [2.24, 2.45) is 0 Å². The quantitative estimate of drug-likeness (QED) is 0.565. The van der Waals surface area contributed by atoms with Crippen molar-refractivity contribution in [1.29, 1.82) is 0 Å². The van der Waals surface area contributed by atoms with Gasteiger partial charge in [-0.25, -0.2) is 4.39 Å². The molecule has 1 fully saturated rings. The fourth-order valence-corrected chi connectivity index (χ4v) is 2.57.